The lowest BCUT2D eigenvalue weighted by molar-refractivity contribution is 0.0920. The summed E-state index contributed by atoms with van der Waals surface area (Å²) in [5, 5.41) is 7.13. The van der Waals surface area contributed by atoms with E-state index in [1.54, 1.807) is 0 Å². The summed E-state index contributed by atoms with van der Waals surface area (Å²) in [7, 11) is 0. The summed E-state index contributed by atoms with van der Waals surface area (Å²) < 4.78 is 5.61. The van der Waals surface area contributed by atoms with Crippen molar-refractivity contribution in [3.63, 3.8) is 0 Å². The van der Waals surface area contributed by atoms with E-state index in [4.69, 9.17) is 4.74 Å². The molecular weight excluding hydrogens is 300 g/mol. The van der Waals surface area contributed by atoms with Crippen molar-refractivity contribution in [1.29, 1.82) is 0 Å². The highest BCUT2D eigenvalue weighted by molar-refractivity contribution is 7.17. The highest BCUT2D eigenvalue weighted by Gasteiger charge is 2.35. The Bertz CT molecular complexity index is 528. The number of nitrogens with one attached hydrogen (secondary N) is 2. The monoisotopic (exact) mass is 324 g/mol. The number of carbonyl (C=O) groups is 1. The maximum absolute atomic E-state index is 12.6. The minimum Gasteiger partial charge on any atom is -0.378 e. The zero-order chi connectivity index (χ0) is 15.5. The van der Waals surface area contributed by atoms with Crippen LogP contribution in [-0.4, -0.2) is 60.7 Å². The number of ether oxygens (including phenoxy) is 1. The van der Waals surface area contributed by atoms with Crippen LogP contribution in [0.5, 0.6) is 0 Å². The third kappa shape index (κ3) is 3.26. The molecule has 0 aliphatic carbocycles. The van der Waals surface area contributed by atoms with Gasteiger partial charge in [-0.25, -0.2) is 4.98 Å². The maximum atomic E-state index is 12.6. The molecule has 2 N–H and O–H groups in total. The van der Waals surface area contributed by atoms with Gasteiger partial charge in [0.15, 0.2) is 5.13 Å². The van der Waals surface area contributed by atoms with Crippen LogP contribution in [0.1, 0.15) is 35.1 Å². The minimum atomic E-state index is -0.0288. The lowest BCUT2D eigenvalue weighted by atomic mass is 10.1. The van der Waals surface area contributed by atoms with Gasteiger partial charge in [-0.1, -0.05) is 11.3 Å². The molecule has 3 heterocycles. The first-order chi connectivity index (χ1) is 10.7. The van der Waals surface area contributed by atoms with E-state index < -0.39 is 0 Å². The molecule has 2 atom stereocenters. The Balaban J connectivity index is 1.65. The number of amides is 1. The molecule has 0 aromatic carbocycles. The van der Waals surface area contributed by atoms with E-state index in [-0.39, 0.29) is 11.9 Å². The highest BCUT2D eigenvalue weighted by atomic mass is 32.1. The van der Waals surface area contributed by atoms with Crippen molar-refractivity contribution in [3.8, 4) is 0 Å². The van der Waals surface area contributed by atoms with Gasteiger partial charge in [-0.15, -0.1) is 0 Å². The summed E-state index contributed by atoms with van der Waals surface area (Å²) in [4.78, 5) is 20.1. The molecule has 7 heteroatoms. The standard InChI is InChI=1S/C15H24N4O2S/c1-3-16-15-17-10(2)13(22-15)14(20)18-11-8-21-9-12(11)19-6-4-5-7-19/h11-12H,3-9H2,1-2H3,(H,16,17)(H,18,20)/t11-,12-/m1/s1. The Hall–Kier alpha value is -1.18. The summed E-state index contributed by atoms with van der Waals surface area (Å²) in [6.07, 6.45) is 2.49. The van der Waals surface area contributed by atoms with Crippen molar-refractivity contribution in [3.05, 3.63) is 10.6 Å². The van der Waals surface area contributed by atoms with Crippen molar-refractivity contribution >= 4 is 22.4 Å². The molecule has 2 aliphatic heterocycles. The molecule has 122 valence electrons. The van der Waals surface area contributed by atoms with E-state index in [1.807, 2.05) is 13.8 Å². The normalized spacial score (nSPS) is 25.5. The number of nitrogens with zero attached hydrogens (tertiary/aromatic N) is 2. The Kier molecular flexibility index (Phi) is 4.95. The number of hydrogen-bond donors (Lipinski definition) is 2. The van der Waals surface area contributed by atoms with Crippen molar-refractivity contribution in [2.45, 2.75) is 38.8 Å². The number of rotatable bonds is 5. The number of likely N-dealkylation sites (tertiary alicyclic amines) is 1. The fourth-order valence-electron chi connectivity index (χ4n) is 3.18. The molecule has 0 saturated carbocycles. The fourth-order valence-corrected chi connectivity index (χ4v) is 4.12. The van der Waals surface area contributed by atoms with Crippen LogP contribution < -0.4 is 10.6 Å². The van der Waals surface area contributed by atoms with Crippen molar-refractivity contribution in [2.75, 3.05) is 38.2 Å². The van der Waals surface area contributed by atoms with E-state index in [1.165, 1.54) is 24.2 Å². The van der Waals surface area contributed by atoms with Gasteiger partial charge >= 0.3 is 0 Å². The van der Waals surface area contributed by atoms with Crippen LogP contribution in [0.15, 0.2) is 0 Å². The van der Waals surface area contributed by atoms with Gasteiger partial charge in [0, 0.05) is 6.54 Å². The Morgan fingerprint density at radius 2 is 2.18 bits per heavy atom. The van der Waals surface area contributed by atoms with Crippen molar-refractivity contribution in [1.82, 2.24) is 15.2 Å². The molecular formula is C15H24N4O2S. The number of hydrogen-bond acceptors (Lipinski definition) is 6. The quantitative estimate of drug-likeness (QED) is 0.859. The predicted molar refractivity (Wildman–Crippen MR) is 87.7 cm³/mol. The first kappa shape index (κ1) is 15.7. The van der Waals surface area contributed by atoms with Gasteiger partial charge in [0.1, 0.15) is 4.88 Å². The van der Waals surface area contributed by atoms with Crippen molar-refractivity contribution in [2.24, 2.45) is 0 Å². The van der Waals surface area contributed by atoms with Gasteiger partial charge in [-0.2, -0.15) is 0 Å². The molecule has 0 radical (unpaired) electrons. The average Bonchev–Trinajstić information content (AvgIpc) is 3.19. The number of aryl methyl sites for hydroxylation is 1. The Morgan fingerprint density at radius 3 is 2.91 bits per heavy atom. The van der Waals surface area contributed by atoms with E-state index >= 15 is 0 Å². The van der Waals surface area contributed by atoms with Gasteiger partial charge in [-0.05, 0) is 39.8 Å². The van der Waals surface area contributed by atoms with Crippen LogP contribution in [0.4, 0.5) is 5.13 Å². The second-order valence-electron chi connectivity index (χ2n) is 5.89. The maximum Gasteiger partial charge on any atom is 0.263 e. The Labute approximate surface area is 135 Å². The van der Waals surface area contributed by atoms with Crippen LogP contribution in [0, 0.1) is 6.92 Å². The second-order valence-corrected chi connectivity index (χ2v) is 6.89. The van der Waals surface area contributed by atoms with Crippen LogP contribution in [-0.2, 0) is 4.74 Å². The molecule has 3 rings (SSSR count). The number of carbonyl (C=O) groups excluding carboxylic acids is 1. The number of anilines is 1. The van der Waals surface area contributed by atoms with Crippen LogP contribution >= 0.6 is 11.3 Å². The first-order valence-corrected chi connectivity index (χ1v) is 8.84. The molecule has 2 saturated heterocycles. The van der Waals surface area contributed by atoms with Gasteiger partial charge in [0.05, 0.1) is 31.0 Å². The summed E-state index contributed by atoms with van der Waals surface area (Å²) in [6.45, 7) is 8.26. The van der Waals surface area contributed by atoms with Gasteiger partial charge in [-0.3, -0.25) is 9.69 Å². The first-order valence-electron chi connectivity index (χ1n) is 8.03. The van der Waals surface area contributed by atoms with E-state index in [0.717, 1.165) is 37.1 Å². The molecule has 1 aromatic heterocycles. The smallest absolute Gasteiger partial charge is 0.263 e. The van der Waals surface area contributed by atoms with E-state index in [0.29, 0.717) is 17.5 Å². The SMILES string of the molecule is CCNc1nc(C)c(C(=O)N[C@@H]2COC[C@H]2N2CCCC2)s1. The summed E-state index contributed by atoms with van der Waals surface area (Å²) in [5.74, 6) is -0.0288. The molecule has 0 spiro atoms. The van der Waals surface area contributed by atoms with Crippen LogP contribution in [0.3, 0.4) is 0 Å². The Morgan fingerprint density at radius 1 is 1.41 bits per heavy atom. The number of thiazole rings is 1. The van der Waals surface area contributed by atoms with Crippen LogP contribution in [0.2, 0.25) is 0 Å². The minimum absolute atomic E-state index is 0.0288. The topological polar surface area (TPSA) is 66.5 Å². The largest absolute Gasteiger partial charge is 0.378 e. The summed E-state index contributed by atoms with van der Waals surface area (Å²) in [6, 6.07) is 0.391. The highest BCUT2D eigenvalue weighted by Crippen LogP contribution is 2.24. The van der Waals surface area contributed by atoms with Crippen molar-refractivity contribution < 1.29 is 9.53 Å². The predicted octanol–water partition coefficient (Wildman–Crippen LogP) is 1.48. The third-order valence-corrected chi connectivity index (χ3v) is 5.42. The van der Waals surface area contributed by atoms with Gasteiger partial charge in [0.25, 0.3) is 5.91 Å². The van der Waals surface area contributed by atoms with Gasteiger partial charge in [0.2, 0.25) is 0 Å². The summed E-state index contributed by atoms with van der Waals surface area (Å²) in [5.41, 5.74) is 0.787. The molecule has 1 amide bonds. The van der Waals surface area contributed by atoms with E-state index in [2.05, 4.69) is 20.5 Å². The van der Waals surface area contributed by atoms with Gasteiger partial charge < -0.3 is 15.4 Å². The molecule has 2 aliphatic rings. The summed E-state index contributed by atoms with van der Waals surface area (Å²) >= 11 is 1.42. The number of aromatic nitrogens is 1. The molecule has 2 fully saturated rings. The molecule has 0 bridgehead atoms. The average molecular weight is 324 g/mol. The zero-order valence-corrected chi connectivity index (χ0v) is 14.0. The molecule has 6 nitrogen and oxygen atoms in total. The third-order valence-electron chi connectivity index (χ3n) is 4.31. The van der Waals surface area contributed by atoms with Crippen LogP contribution in [0.25, 0.3) is 0 Å². The lowest BCUT2D eigenvalue weighted by Crippen LogP contribution is -2.50. The lowest BCUT2D eigenvalue weighted by Gasteiger charge is -2.27. The molecule has 22 heavy (non-hydrogen) atoms. The molecule has 0 unspecified atom stereocenters. The molecule has 1 aromatic rings. The fraction of sp³-hybridized carbons (Fsp3) is 0.733. The van der Waals surface area contributed by atoms with E-state index in [9.17, 15) is 4.79 Å². The zero-order valence-electron chi connectivity index (χ0n) is 13.2. The second kappa shape index (κ2) is 6.93.